The van der Waals surface area contributed by atoms with Crippen LogP contribution in [0.5, 0.6) is 0 Å². The lowest BCUT2D eigenvalue weighted by Crippen LogP contribution is -1.97. The van der Waals surface area contributed by atoms with Crippen molar-refractivity contribution >= 4 is 21.7 Å². The minimum Gasteiger partial charge on any atom is -0.294 e. The monoisotopic (exact) mass is 230 g/mol. The second-order valence-corrected chi connectivity index (χ2v) is 3.47. The van der Waals surface area contributed by atoms with Crippen molar-refractivity contribution in [1.82, 2.24) is 0 Å². The van der Waals surface area contributed by atoms with Gasteiger partial charge in [0.05, 0.1) is 0 Å². The van der Waals surface area contributed by atoms with Crippen LogP contribution in [-0.2, 0) is 0 Å². The van der Waals surface area contributed by atoms with Crippen LogP contribution >= 0.6 is 15.9 Å². The first-order valence-electron chi connectivity index (χ1n) is 3.49. The average molecular weight is 231 g/mol. The topological polar surface area (TPSA) is 17.1 Å². The minimum absolute atomic E-state index is 0.118. The first kappa shape index (κ1) is 9.39. The smallest absolute Gasteiger partial charge is 0.160 e. The van der Waals surface area contributed by atoms with Gasteiger partial charge in [-0.25, -0.2) is 4.39 Å². The molecule has 0 aromatic heterocycles. The first-order chi connectivity index (χ1) is 5.52. The second-order valence-electron chi connectivity index (χ2n) is 2.62. The maximum atomic E-state index is 12.8. The summed E-state index contributed by atoms with van der Waals surface area (Å²) in [5.74, 6) is -0.509. The Labute approximate surface area is 78.7 Å². The number of carbonyl (C=O) groups is 1. The van der Waals surface area contributed by atoms with Crippen molar-refractivity contribution in [3.05, 3.63) is 33.5 Å². The maximum Gasteiger partial charge on any atom is 0.160 e. The highest BCUT2D eigenvalue weighted by Crippen LogP contribution is 2.21. The number of halogens is 2. The van der Waals surface area contributed by atoms with Gasteiger partial charge in [-0.1, -0.05) is 15.9 Å². The lowest BCUT2D eigenvalue weighted by Gasteiger charge is -2.03. The Balaban J connectivity index is 3.37. The summed E-state index contributed by atoms with van der Waals surface area (Å²) in [6.07, 6.45) is 0. The Kier molecular flexibility index (Phi) is 2.62. The summed E-state index contributed by atoms with van der Waals surface area (Å²) < 4.78 is 13.4. The van der Waals surface area contributed by atoms with E-state index in [0.717, 1.165) is 5.56 Å². The molecule has 0 aliphatic rings. The molecule has 0 spiro atoms. The third-order valence-corrected chi connectivity index (χ3v) is 2.51. The highest BCUT2D eigenvalue weighted by Gasteiger charge is 2.08. The molecule has 12 heavy (non-hydrogen) atoms. The van der Waals surface area contributed by atoms with Crippen LogP contribution in [0.4, 0.5) is 4.39 Å². The predicted octanol–water partition coefficient (Wildman–Crippen LogP) is 3.10. The van der Waals surface area contributed by atoms with Crippen molar-refractivity contribution in [2.75, 3.05) is 0 Å². The van der Waals surface area contributed by atoms with Gasteiger partial charge in [0.2, 0.25) is 0 Å². The Morgan fingerprint density at radius 1 is 1.50 bits per heavy atom. The van der Waals surface area contributed by atoms with Gasteiger partial charge in [0.1, 0.15) is 5.82 Å². The van der Waals surface area contributed by atoms with Crippen LogP contribution in [0.25, 0.3) is 0 Å². The molecule has 0 saturated heterocycles. The second kappa shape index (κ2) is 3.35. The van der Waals surface area contributed by atoms with E-state index in [0.29, 0.717) is 10.0 Å². The summed E-state index contributed by atoms with van der Waals surface area (Å²) >= 11 is 3.17. The van der Waals surface area contributed by atoms with Crippen molar-refractivity contribution in [2.24, 2.45) is 0 Å². The van der Waals surface area contributed by atoms with Crippen molar-refractivity contribution in [3.8, 4) is 0 Å². The van der Waals surface area contributed by atoms with E-state index in [-0.39, 0.29) is 5.78 Å². The van der Waals surface area contributed by atoms with E-state index in [1.54, 1.807) is 6.92 Å². The van der Waals surface area contributed by atoms with E-state index in [1.807, 2.05) is 0 Å². The Morgan fingerprint density at radius 3 is 2.58 bits per heavy atom. The Morgan fingerprint density at radius 2 is 2.08 bits per heavy atom. The van der Waals surface area contributed by atoms with Crippen LogP contribution in [0.2, 0.25) is 0 Å². The first-order valence-corrected chi connectivity index (χ1v) is 4.28. The molecule has 1 aromatic rings. The summed E-state index contributed by atoms with van der Waals surface area (Å²) in [5, 5.41) is 0. The normalized spacial score (nSPS) is 10.0. The van der Waals surface area contributed by atoms with Crippen molar-refractivity contribution in [2.45, 2.75) is 13.8 Å². The molecule has 0 saturated carbocycles. The van der Waals surface area contributed by atoms with Gasteiger partial charge in [0, 0.05) is 10.0 Å². The fourth-order valence-electron chi connectivity index (χ4n) is 1.01. The molecule has 0 N–H and O–H groups in total. The molecule has 0 unspecified atom stereocenters. The Hall–Kier alpha value is -0.700. The van der Waals surface area contributed by atoms with E-state index >= 15 is 0 Å². The molecule has 1 rings (SSSR count). The molecule has 0 heterocycles. The fraction of sp³-hybridized carbons (Fsp3) is 0.222. The summed E-state index contributed by atoms with van der Waals surface area (Å²) in [6.45, 7) is 3.20. The molecular weight excluding hydrogens is 223 g/mol. The lowest BCUT2D eigenvalue weighted by molar-refractivity contribution is 0.101. The molecule has 0 aliphatic heterocycles. The van der Waals surface area contributed by atoms with E-state index < -0.39 is 5.82 Å². The zero-order valence-corrected chi connectivity index (χ0v) is 8.40. The molecule has 64 valence electrons. The third kappa shape index (κ3) is 1.72. The van der Waals surface area contributed by atoms with Gasteiger partial charge in [-0.15, -0.1) is 0 Å². The van der Waals surface area contributed by atoms with Gasteiger partial charge in [-0.05, 0) is 31.5 Å². The number of hydrogen-bond acceptors (Lipinski definition) is 1. The van der Waals surface area contributed by atoms with Gasteiger partial charge in [-0.2, -0.15) is 0 Å². The molecule has 0 bridgehead atoms. The van der Waals surface area contributed by atoms with Crippen molar-refractivity contribution < 1.29 is 9.18 Å². The number of Topliss-reactive ketones (excluding diaryl/α,β-unsaturated/α-hetero) is 1. The minimum atomic E-state index is -0.391. The quantitative estimate of drug-likeness (QED) is 0.678. The van der Waals surface area contributed by atoms with Gasteiger partial charge < -0.3 is 0 Å². The lowest BCUT2D eigenvalue weighted by atomic mass is 10.1. The molecule has 0 atom stereocenters. The van der Waals surface area contributed by atoms with Crippen LogP contribution in [0.15, 0.2) is 16.6 Å². The van der Waals surface area contributed by atoms with Crippen LogP contribution in [-0.4, -0.2) is 5.78 Å². The molecular formula is C9H8BrFO. The van der Waals surface area contributed by atoms with E-state index in [9.17, 15) is 9.18 Å². The largest absolute Gasteiger partial charge is 0.294 e. The van der Waals surface area contributed by atoms with Gasteiger partial charge in [-0.3, -0.25) is 4.79 Å². The third-order valence-electron chi connectivity index (χ3n) is 1.69. The molecule has 1 nitrogen and oxygen atoms in total. The summed E-state index contributed by atoms with van der Waals surface area (Å²) in [7, 11) is 0. The summed E-state index contributed by atoms with van der Waals surface area (Å²) in [4.78, 5) is 11.0. The van der Waals surface area contributed by atoms with Crippen LogP contribution in [0.1, 0.15) is 22.8 Å². The van der Waals surface area contributed by atoms with Crippen LogP contribution in [0.3, 0.4) is 0 Å². The SMILES string of the molecule is CC(=O)c1cc(F)cc(Br)c1C. The van der Waals surface area contributed by atoms with E-state index in [4.69, 9.17) is 0 Å². The van der Waals surface area contributed by atoms with Crippen LogP contribution in [0, 0.1) is 12.7 Å². The molecule has 0 radical (unpaired) electrons. The summed E-state index contributed by atoms with van der Waals surface area (Å²) in [5.41, 5.74) is 1.21. The number of benzene rings is 1. The standard InChI is InChI=1S/C9H8BrFO/c1-5-8(6(2)12)3-7(11)4-9(5)10/h3-4H,1-2H3. The highest BCUT2D eigenvalue weighted by molar-refractivity contribution is 9.10. The number of ketones is 1. The maximum absolute atomic E-state index is 12.8. The molecule has 1 aromatic carbocycles. The van der Waals surface area contributed by atoms with E-state index in [2.05, 4.69) is 15.9 Å². The van der Waals surface area contributed by atoms with Crippen molar-refractivity contribution in [3.63, 3.8) is 0 Å². The predicted molar refractivity (Wildman–Crippen MR) is 48.8 cm³/mol. The summed E-state index contributed by atoms with van der Waals surface area (Å²) in [6, 6.07) is 2.60. The average Bonchev–Trinajstić information content (AvgIpc) is 1.96. The zero-order chi connectivity index (χ0) is 9.30. The molecule has 3 heteroatoms. The van der Waals surface area contributed by atoms with E-state index in [1.165, 1.54) is 19.1 Å². The fourth-order valence-corrected chi connectivity index (χ4v) is 1.44. The number of hydrogen-bond donors (Lipinski definition) is 0. The van der Waals surface area contributed by atoms with Crippen molar-refractivity contribution in [1.29, 1.82) is 0 Å². The molecule has 0 fully saturated rings. The van der Waals surface area contributed by atoms with Gasteiger partial charge in [0.25, 0.3) is 0 Å². The molecule has 0 amide bonds. The number of carbonyl (C=O) groups excluding carboxylic acids is 1. The van der Waals surface area contributed by atoms with Gasteiger partial charge >= 0.3 is 0 Å². The van der Waals surface area contributed by atoms with Crippen LogP contribution < -0.4 is 0 Å². The number of rotatable bonds is 1. The van der Waals surface area contributed by atoms with Gasteiger partial charge in [0.15, 0.2) is 5.78 Å². The molecule has 0 aliphatic carbocycles. The Bertz CT molecular complexity index is 334. The zero-order valence-electron chi connectivity index (χ0n) is 6.82. The highest BCUT2D eigenvalue weighted by atomic mass is 79.9.